The van der Waals surface area contributed by atoms with Gasteiger partial charge < -0.3 is 10.1 Å². The van der Waals surface area contributed by atoms with Crippen LogP contribution in [0.5, 0.6) is 5.75 Å². The Labute approximate surface area is 110 Å². The molecule has 6 heteroatoms. The van der Waals surface area contributed by atoms with Crippen LogP contribution in [0.25, 0.3) is 11.3 Å². The summed E-state index contributed by atoms with van der Waals surface area (Å²) in [5, 5.41) is 13.7. The lowest BCUT2D eigenvalue weighted by Gasteiger charge is -2.06. The standard InChI is InChI=1S/C13H13N3O3/c1-14-13-8-10(16(17)18)7-12(15-13)9-3-5-11(19-2)6-4-9/h3-8H,1-2H3,(H,14,15). The van der Waals surface area contributed by atoms with E-state index in [-0.39, 0.29) is 5.69 Å². The van der Waals surface area contributed by atoms with E-state index in [0.29, 0.717) is 11.5 Å². The predicted octanol–water partition coefficient (Wildman–Crippen LogP) is 2.71. The number of aromatic nitrogens is 1. The van der Waals surface area contributed by atoms with Gasteiger partial charge in [0.05, 0.1) is 23.8 Å². The Hall–Kier alpha value is -2.63. The molecule has 0 unspecified atom stereocenters. The van der Waals surface area contributed by atoms with Crippen LogP contribution in [0.4, 0.5) is 11.5 Å². The third-order valence-corrected chi connectivity index (χ3v) is 2.66. The van der Waals surface area contributed by atoms with Gasteiger partial charge in [-0.15, -0.1) is 0 Å². The summed E-state index contributed by atoms with van der Waals surface area (Å²) in [5.41, 5.74) is 1.34. The summed E-state index contributed by atoms with van der Waals surface area (Å²) in [5.74, 6) is 1.18. The molecule has 6 nitrogen and oxygen atoms in total. The molecule has 0 aliphatic heterocycles. The van der Waals surface area contributed by atoms with E-state index in [1.807, 2.05) is 12.1 Å². The van der Waals surface area contributed by atoms with Gasteiger partial charge in [0.15, 0.2) is 0 Å². The molecule has 0 saturated heterocycles. The minimum absolute atomic E-state index is 0.00479. The van der Waals surface area contributed by atoms with E-state index in [9.17, 15) is 10.1 Å². The van der Waals surface area contributed by atoms with Crippen molar-refractivity contribution < 1.29 is 9.66 Å². The van der Waals surface area contributed by atoms with Crippen molar-refractivity contribution in [3.63, 3.8) is 0 Å². The van der Waals surface area contributed by atoms with Crippen LogP contribution in [0.1, 0.15) is 0 Å². The largest absolute Gasteiger partial charge is 0.497 e. The lowest BCUT2D eigenvalue weighted by atomic mass is 10.1. The number of benzene rings is 1. The third-order valence-electron chi connectivity index (χ3n) is 2.66. The van der Waals surface area contributed by atoms with Crippen LogP contribution in [0.3, 0.4) is 0 Å². The second kappa shape index (κ2) is 5.34. The molecule has 0 atom stereocenters. The van der Waals surface area contributed by atoms with Crippen LogP contribution in [0, 0.1) is 10.1 Å². The highest BCUT2D eigenvalue weighted by Crippen LogP contribution is 2.26. The lowest BCUT2D eigenvalue weighted by Crippen LogP contribution is -1.97. The van der Waals surface area contributed by atoms with Crippen molar-refractivity contribution in [1.29, 1.82) is 0 Å². The number of hydrogen-bond donors (Lipinski definition) is 1. The monoisotopic (exact) mass is 259 g/mol. The fourth-order valence-corrected chi connectivity index (χ4v) is 1.66. The van der Waals surface area contributed by atoms with Gasteiger partial charge in [0.2, 0.25) is 0 Å². The van der Waals surface area contributed by atoms with E-state index in [0.717, 1.165) is 11.3 Å². The number of nitrogens with zero attached hydrogens (tertiary/aromatic N) is 2. The number of ether oxygens (including phenoxy) is 1. The molecule has 1 N–H and O–H groups in total. The van der Waals surface area contributed by atoms with E-state index in [1.54, 1.807) is 26.3 Å². The normalized spacial score (nSPS) is 10.0. The zero-order valence-electron chi connectivity index (χ0n) is 10.6. The number of methoxy groups -OCH3 is 1. The second-order valence-electron chi connectivity index (χ2n) is 3.83. The fourth-order valence-electron chi connectivity index (χ4n) is 1.66. The highest BCUT2D eigenvalue weighted by molar-refractivity contribution is 5.65. The summed E-state index contributed by atoms with van der Waals surface area (Å²) in [6.45, 7) is 0. The summed E-state index contributed by atoms with van der Waals surface area (Å²) in [4.78, 5) is 14.8. The maximum Gasteiger partial charge on any atom is 0.275 e. The number of pyridine rings is 1. The second-order valence-corrected chi connectivity index (χ2v) is 3.83. The van der Waals surface area contributed by atoms with Crippen LogP contribution in [0.15, 0.2) is 36.4 Å². The smallest absolute Gasteiger partial charge is 0.275 e. The summed E-state index contributed by atoms with van der Waals surface area (Å²) in [6.07, 6.45) is 0. The Kier molecular flexibility index (Phi) is 3.61. The van der Waals surface area contributed by atoms with Gasteiger partial charge in [0.1, 0.15) is 11.6 Å². The van der Waals surface area contributed by atoms with E-state index in [4.69, 9.17) is 4.74 Å². The molecule has 0 aliphatic carbocycles. The van der Waals surface area contributed by atoms with E-state index < -0.39 is 4.92 Å². The van der Waals surface area contributed by atoms with Crippen LogP contribution >= 0.6 is 0 Å². The van der Waals surface area contributed by atoms with Crippen molar-refractivity contribution in [3.05, 3.63) is 46.5 Å². The zero-order valence-corrected chi connectivity index (χ0v) is 10.6. The topological polar surface area (TPSA) is 77.3 Å². The van der Waals surface area contributed by atoms with Gasteiger partial charge in [-0.25, -0.2) is 4.98 Å². The summed E-state index contributed by atoms with van der Waals surface area (Å²) >= 11 is 0. The van der Waals surface area contributed by atoms with Crippen molar-refractivity contribution >= 4 is 11.5 Å². The minimum atomic E-state index is -0.435. The van der Waals surface area contributed by atoms with E-state index in [1.165, 1.54) is 12.1 Å². The van der Waals surface area contributed by atoms with Crippen LogP contribution in [-0.4, -0.2) is 24.1 Å². The van der Waals surface area contributed by atoms with Gasteiger partial charge in [-0.3, -0.25) is 10.1 Å². The average Bonchev–Trinajstić information content (AvgIpc) is 2.46. The first-order valence-electron chi connectivity index (χ1n) is 5.62. The molecule has 0 bridgehead atoms. The number of nitro groups is 1. The molecule has 2 aromatic rings. The Morgan fingerprint density at radius 1 is 1.26 bits per heavy atom. The molecule has 98 valence electrons. The summed E-state index contributed by atoms with van der Waals surface area (Å²) < 4.78 is 5.07. The molecule has 0 fully saturated rings. The van der Waals surface area contributed by atoms with Crippen LogP contribution in [-0.2, 0) is 0 Å². The van der Waals surface area contributed by atoms with Gasteiger partial charge >= 0.3 is 0 Å². The lowest BCUT2D eigenvalue weighted by molar-refractivity contribution is -0.384. The Morgan fingerprint density at radius 2 is 1.95 bits per heavy atom. The molecule has 0 radical (unpaired) electrons. The molecule has 1 aromatic heterocycles. The fraction of sp³-hybridized carbons (Fsp3) is 0.154. The molecular weight excluding hydrogens is 246 g/mol. The quantitative estimate of drug-likeness (QED) is 0.674. The molecule has 1 heterocycles. The predicted molar refractivity (Wildman–Crippen MR) is 72.4 cm³/mol. The van der Waals surface area contributed by atoms with Gasteiger partial charge in [-0.2, -0.15) is 0 Å². The summed E-state index contributed by atoms with van der Waals surface area (Å²) in [6, 6.07) is 10.0. The number of hydrogen-bond acceptors (Lipinski definition) is 5. The Bertz CT molecular complexity index is 597. The first-order chi connectivity index (χ1) is 9.13. The molecule has 0 amide bonds. The van der Waals surface area contributed by atoms with Crippen molar-refractivity contribution in [1.82, 2.24) is 4.98 Å². The van der Waals surface area contributed by atoms with Gasteiger partial charge in [0.25, 0.3) is 5.69 Å². The molecule has 0 spiro atoms. The highest BCUT2D eigenvalue weighted by atomic mass is 16.6. The zero-order chi connectivity index (χ0) is 13.8. The molecule has 19 heavy (non-hydrogen) atoms. The Morgan fingerprint density at radius 3 is 2.47 bits per heavy atom. The van der Waals surface area contributed by atoms with Gasteiger partial charge in [0, 0.05) is 18.7 Å². The summed E-state index contributed by atoms with van der Waals surface area (Å²) in [7, 11) is 3.25. The maximum absolute atomic E-state index is 10.9. The molecule has 2 rings (SSSR count). The number of nitrogens with one attached hydrogen (secondary N) is 1. The van der Waals surface area contributed by atoms with Crippen molar-refractivity contribution in [2.45, 2.75) is 0 Å². The van der Waals surface area contributed by atoms with Crippen molar-refractivity contribution in [2.75, 3.05) is 19.5 Å². The van der Waals surface area contributed by atoms with Crippen molar-refractivity contribution in [3.8, 4) is 17.0 Å². The van der Waals surface area contributed by atoms with Crippen LogP contribution < -0.4 is 10.1 Å². The highest BCUT2D eigenvalue weighted by Gasteiger charge is 2.11. The van der Waals surface area contributed by atoms with E-state index >= 15 is 0 Å². The molecule has 0 saturated carbocycles. The first-order valence-corrected chi connectivity index (χ1v) is 5.62. The molecule has 0 aliphatic rings. The van der Waals surface area contributed by atoms with Gasteiger partial charge in [-0.1, -0.05) is 0 Å². The molecular formula is C13H13N3O3. The number of anilines is 1. The van der Waals surface area contributed by atoms with E-state index in [2.05, 4.69) is 10.3 Å². The first kappa shape index (κ1) is 12.8. The SMILES string of the molecule is CNc1cc([N+](=O)[O-])cc(-c2ccc(OC)cc2)n1. The third kappa shape index (κ3) is 2.79. The van der Waals surface area contributed by atoms with Crippen LogP contribution in [0.2, 0.25) is 0 Å². The Balaban J connectivity index is 2.47. The average molecular weight is 259 g/mol. The van der Waals surface area contributed by atoms with Gasteiger partial charge in [-0.05, 0) is 24.3 Å². The number of rotatable bonds is 4. The molecule has 1 aromatic carbocycles. The minimum Gasteiger partial charge on any atom is -0.497 e. The maximum atomic E-state index is 10.9. The van der Waals surface area contributed by atoms with Crippen molar-refractivity contribution in [2.24, 2.45) is 0 Å².